The topological polar surface area (TPSA) is 161 Å². The van der Waals surface area contributed by atoms with Crippen molar-refractivity contribution in [3.63, 3.8) is 0 Å². The molecule has 0 saturated heterocycles. The monoisotopic (exact) mass is 706 g/mol. The van der Waals surface area contributed by atoms with E-state index in [0.717, 1.165) is 39.7 Å². The molecule has 12 nitrogen and oxygen atoms in total. The number of aryl methyl sites for hydroxylation is 2. The third kappa shape index (κ3) is 9.99. The Morgan fingerprint density at radius 3 is 2.30 bits per heavy atom. The number of amides is 2. The molecule has 1 heterocycles. The Balaban J connectivity index is 1.51. The van der Waals surface area contributed by atoms with Crippen LogP contribution >= 0.6 is 12.6 Å². The van der Waals surface area contributed by atoms with E-state index >= 15 is 0 Å². The summed E-state index contributed by atoms with van der Waals surface area (Å²) in [6.45, 7) is 11.3. The van der Waals surface area contributed by atoms with Gasteiger partial charge in [-0.3, -0.25) is 9.79 Å². The molecule has 50 heavy (non-hydrogen) atoms. The van der Waals surface area contributed by atoms with Crippen molar-refractivity contribution < 1.29 is 38.1 Å². The average Bonchev–Trinajstić information content (AvgIpc) is 3.09. The smallest absolute Gasteiger partial charge is 0.407 e. The van der Waals surface area contributed by atoms with Gasteiger partial charge in [-0.15, -0.1) is 0 Å². The van der Waals surface area contributed by atoms with Crippen LogP contribution in [0.4, 0.5) is 10.5 Å². The summed E-state index contributed by atoms with van der Waals surface area (Å²) >= 11 is 4.07. The lowest BCUT2D eigenvalue weighted by Gasteiger charge is -2.20. The lowest BCUT2D eigenvalue weighted by molar-refractivity contribution is 0.0487. The first kappa shape index (κ1) is 38.2. The van der Waals surface area contributed by atoms with Crippen molar-refractivity contribution >= 4 is 47.3 Å². The predicted octanol–water partition coefficient (Wildman–Crippen LogP) is 5.68. The molecule has 2 aromatic rings. The fraction of sp³-hybridized carbons (Fsp3) is 0.405. The molecule has 2 amide bonds. The van der Waals surface area contributed by atoms with Gasteiger partial charge in [-0.1, -0.05) is 0 Å². The number of fused-ring (bicyclic) bond motifs is 2. The Bertz CT molecular complexity index is 1840. The Morgan fingerprint density at radius 2 is 1.62 bits per heavy atom. The van der Waals surface area contributed by atoms with Crippen LogP contribution < -0.4 is 21.3 Å². The zero-order chi connectivity index (χ0) is 36.0. The molecule has 0 spiro atoms. The summed E-state index contributed by atoms with van der Waals surface area (Å²) in [6, 6.07) is 12.4. The average molecular weight is 707 g/mol. The summed E-state index contributed by atoms with van der Waals surface area (Å²) in [7, 11) is 0. The van der Waals surface area contributed by atoms with Gasteiger partial charge in [0.05, 0.1) is 44.0 Å². The first-order chi connectivity index (χ1) is 24.2. The maximum atomic E-state index is 13.3. The van der Waals surface area contributed by atoms with Crippen molar-refractivity contribution in [1.29, 1.82) is 0 Å². The molecule has 0 aromatic heterocycles. The zero-order valence-electron chi connectivity index (χ0n) is 29.0. The maximum Gasteiger partial charge on any atom is 0.407 e. The molecule has 1 aliphatic carbocycles. The lowest BCUT2D eigenvalue weighted by atomic mass is 9.88. The first-order valence-corrected chi connectivity index (χ1v) is 17.4. The van der Waals surface area contributed by atoms with E-state index in [0.29, 0.717) is 79.7 Å². The molecule has 2 aromatic carbocycles. The fourth-order valence-corrected chi connectivity index (χ4v) is 5.57. The third-order valence-electron chi connectivity index (χ3n) is 7.82. The number of nitrogens with one attached hydrogen (secondary N) is 3. The molecular formula is C37H46N4O8S. The number of rotatable bonds is 18. The van der Waals surface area contributed by atoms with Crippen LogP contribution in [-0.4, -0.2) is 88.0 Å². The summed E-state index contributed by atoms with van der Waals surface area (Å²) < 4.78 is 22.4. The number of hydrogen-bond donors (Lipinski definition) is 5. The summed E-state index contributed by atoms with van der Waals surface area (Å²) in [4.78, 5) is 42.0. The van der Waals surface area contributed by atoms with Crippen LogP contribution in [0.25, 0.3) is 33.4 Å². The third-order valence-corrected chi connectivity index (χ3v) is 8.13. The number of carboxylic acid groups (broad SMARTS) is 1. The molecule has 0 bridgehead atoms. The van der Waals surface area contributed by atoms with Crippen LogP contribution in [0.2, 0.25) is 0 Å². The quantitative estimate of drug-likeness (QED) is 0.0498. The standard InChI is InChI=1S/C37H46N4O8S/c1-5-38-30-21-32-28(18-23(30)3)34(29-19-24(4)31(39-6-2)22-33(29)49-32)27-20-25(8-9-26(27)36(43)44)35(42)40-10-13-46-15-16-47-14-11-41-37(45)48-12-7-17-50/h8-9,18-22,38,50H,5-7,10-17H2,1-4H3,(H,40,42)(H,41,45)(H,43,44)/b39-31-. The largest absolute Gasteiger partial charge is 0.478 e. The molecule has 0 unspecified atom stereocenters. The molecule has 13 heteroatoms. The van der Waals surface area contributed by atoms with Crippen molar-refractivity contribution in [3.8, 4) is 22.5 Å². The first-order valence-electron chi connectivity index (χ1n) is 16.8. The van der Waals surface area contributed by atoms with Gasteiger partial charge in [-0.2, -0.15) is 12.6 Å². The number of anilines is 1. The van der Waals surface area contributed by atoms with E-state index in [1.54, 1.807) is 6.07 Å². The zero-order valence-corrected chi connectivity index (χ0v) is 29.9. The molecule has 0 fully saturated rings. The van der Waals surface area contributed by atoms with E-state index in [1.165, 1.54) is 12.1 Å². The molecule has 2 aliphatic rings. The van der Waals surface area contributed by atoms with E-state index in [1.807, 2.05) is 52.0 Å². The Kier molecular flexibility index (Phi) is 14.5. The second kappa shape index (κ2) is 19.0. The number of aromatic carboxylic acids is 1. The minimum atomic E-state index is -1.11. The van der Waals surface area contributed by atoms with Gasteiger partial charge < -0.3 is 39.7 Å². The maximum absolute atomic E-state index is 13.3. The molecule has 4 N–H and O–H groups in total. The van der Waals surface area contributed by atoms with Gasteiger partial charge in [-0.05, 0) is 86.9 Å². The van der Waals surface area contributed by atoms with Crippen molar-refractivity contribution in [3.05, 3.63) is 70.1 Å². The highest BCUT2D eigenvalue weighted by atomic mass is 32.1. The molecule has 0 atom stereocenters. The Hall–Kier alpha value is -4.59. The minimum absolute atomic E-state index is 0.0627. The van der Waals surface area contributed by atoms with E-state index in [4.69, 9.17) is 18.6 Å². The van der Waals surface area contributed by atoms with Gasteiger partial charge in [0.25, 0.3) is 5.91 Å². The summed E-state index contributed by atoms with van der Waals surface area (Å²) in [5.74, 6) is -0.269. The highest BCUT2D eigenvalue weighted by molar-refractivity contribution is 7.80. The number of ether oxygens (including phenoxy) is 3. The Morgan fingerprint density at radius 1 is 0.880 bits per heavy atom. The van der Waals surface area contributed by atoms with Gasteiger partial charge >= 0.3 is 12.1 Å². The molecule has 0 radical (unpaired) electrons. The van der Waals surface area contributed by atoms with Crippen LogP contribution in [-0.2, 0) is 14.2 Å². The van der Waals surface area contributed by atoms with Crippen molar-refractivity contribution in [1.82, 2.24) is 10.6 Å². The van der Waals surface area contributed by atoms with E-state index in [2.05, 4.69) is 33.6 Å². The number of benzene rings is 3. The van der Waals surface area contributed by atoms with Crippen molar-refractivity contribution in [2.75, 3.05) is 70.3 Å². The van der Waals surface area contributed by atoms with Gasteiger partial charge in [0.2, 0.25) is 0 Å². The number of carboxylic acids is 1. The SMILES string of the molecule is CC/N=c1/cc2oc3cc(NCC)c(C)cc3c(-c3cc(C(=O)NCCOCCOCCNC(=O)OCCCS)ccc3C(=O)O)c-2cc1C. The highest BCUT2D eigenvalue weighted by Crippen LogP contribution is 2.43. The van der Waals surface area contributed by atoms with Crippen LogP contribution in [0, 0.1) is 13.8 Å². The second-order valence-electron chi connectivity index (χ2n) is 11.5. The van der Waals surface area contributed by atoms with Crippen LogP contribution in [0.15, 0.2) is 51.9 Å². The van der Waals surface area contributed by atoms with E-state index < -0.39 is 12.1 Å². The van der Waals surface area contributed by atoms with Crippen molar-refractivity contribution in [2.24, 2.45) is 4.99 Å². The number of thiol groups is 1. The number of carbonyl (C=O) groups excluding carboxylic acids is 2. The van der Waals surface area contributed by atoms with Gasteiger partial charge in [0.15, 0.2) is 0 Å². The molecular weight excluding hydrogens is 660 g/mol. The molecule has 1 aliphatic heterocycles. The molecule has 268 valence electrons. The van der Waals surface area contributed by atoms with E-state index in [-0.39, 0.29) is 24.6 Å². The summed E-state index contributed by atoms with van der Waals surface area (Å²) in [5.41, 5.74) is 5.53. The number of hydrogen-bond acceptors (Lipinski definition) is 10. The predicted molar refractivity (Wildman–Crippen MR) is 197 cm³/mol. The molecule has 0 saturated carbocycles. The number of nitrogens with zero attached hydrogens (tertiary/aromatic N) is 1. The Labute approximate surface area is 297 Å². The van der Waals surface area contributed by atoms with Crippen LogP contribution in [0.3, 0.4) is 0 Å². The van der Waals surface area contributed by atoms with Gasteiger partial charge in [0.1, 0.15) is 11.3 Å². The normalized spacial score (nSPS) is 11.6. The second-order valence-corrected chi connectivity index (χ2v) is 11.9. The highest BCUT2D eigenvalue weighted by Gasteiger charge is 2.24. The van der Waals surface area contributed by atoms with E-state index in [9.17, 15) is 19.5 Å². The van der Waals surface area contributed by atoms with Gasteiger partial charge in [-0.25, -0.2) is 9.59 Å². The van der Waals surface area contributed by atoms with Crippen molar-refractivity contribution in [2.45, 2.75) is 34.1 Å². The minimum Gasteiger partial charge on any atom is -0.478 e. The fourth-order valence-electron chi connectivity index (χ4n) is 5.45. The van der Waals surface area contributed by atoms with Gasteiger partial charge in [0, 0.05) is 66.1 Å². The lowest BCUT2D eigenvalue weighted by Crippen LogP contribution is -2.29. The van der Waals surface area contributed by atoms with Crippen LogP contribution in [0.1, 0.15) is 52.1 Å². The van der Waals surface area contributed by atoms with Crippen LogP contribution in [0.5, 0.6) is 0 Å². The molecule has 4 rings (SSSR count). The number of carbonyl (C=O) groups is 3. The summed E-state index contributed by atoms with van der Waals surface area (Å²) in [5, 5.41) is 20.6. The number of alkyl carbamates (subject to hydrolysis) is 1. The summed E-state index contributed by atoms with van der Waals surface area (Å²) in [6.07, 6.45) is 0.200.